The summed E-state index contributed by atoms with van der Waals surface area (Å²) in [5.41, 5.74) is -1.67. The summed E-state index contributed by atoms with van der Waals surface area (Å²) in [4.78, 5) is 52.4. The molecule has 0 rings (SSSR count). The molecule has 0 aromatic rings. The first kappa shape index (κ1) is 39.2. The molecule has 0 heterocycles. The predicted molar refractivity (Wildman–Crippen MR) is 152 cm³/mol. The van der Waals surface area contributed by atoms with E-state index >= 15 is 0 Å². The lowest BCUT2D eigenvalue weighted by Crippen LogP contribution is -2.51. The van der Waals surface area contributed by atoms with Crippen molar-refractivity contribution in [3.05, 3.63) is 0 Å². The van der Waals surface area contributed by atoms with Gasteiger partial charge in [-0.2, -0.15) is 8.42 Å². The maximum Gasteiger partial charge on any atom is 0.320 e. The number of nitrogens with one attached hydrogen (secondary N) is 4. The number of aliphatic hydroxyl groups is 2. The fraction of sp³-hybridized carbons (Fsp3) is 0.833. The number of hydrogen-bond acceptors (Lipinski definition) is 10. The molecule has 17 nitrogen and oxygen atoms in total. The first-order valence-corrected chi connectivity index (χ1v) is 15.1. The van der Waals surface area contributed by atoms with Crippen molar-refractivity contribution in [3.8, 4) is 0 Å². The van der Waals surface area contributed by atoms with Crippen molar-refractivity contribution >= 4 is 34.0 Å². The van der Waals surface area contributed by atoms with Crippen molar-refractivity contribution < 1.29 is 51.8 Å². The van der Waals surface area contributed by atoms with Crippen LogP contribution < -0.4 is 21.3 Å². The Balaban J connectivity index is 5.05. The molecule has 0 aliphatic carbocycles. The third-order valence-electron chi connectivity index (χ3n) is 5.73. The maximum atomic E-state index is 12.8. The third kappa shape index (κ3) is 19.4. The maximum absolute atomic E-state index is 12.8. The van der Waals surface area contributed by atoms with Crippen LogP contribution in [0.4, 0.5) is 9.59 Å². The van der Waals surface area contributed by atoms with Gasteiger partial charge in [-0.1, -0.05) is 6.92 Å². The van der Waals surface area contributed by atoms with Crippen LogP contribution in [0.3, 0.4) is 0 Å². The van der Waals surface area contributed by atoms with Crippen molar-refractivity contribution in [1.82, 2.24) is 31.1 Å². The van der Waals surface area contributed by atoms with Gasteiger partial charge in [0.25, 0.3) is 10.1 Å². The lowest BCUT2D eigenvalue weighted by atomic mass is 10.0. The predicted octanol–water partition coefficient (Wildman–Crippen LogP) is -1.23. The Kier molecular flexibility index (Phi) is 18.1. The molecule has 246 valence electrons. The van der Waals surface area contributed by atoms with Crippen molar-refractivity contribution in [2.45, 2.75) is 65.0 Å². The van der Waals surface area contributed by atoms with Crippen LogP contribution in [0.15, 0.2) is 0 Å². The first-order valence-electron chi connectivity index (χ1n) is 13.4. The van der Waals surface area contributed by atoms with Gasteiger partial charge in [-0.15, -0.1) is 0 Å². The van der Waals surface area contributed by atoms with Gasteiger partial charge in [-0.25, -0.2) is 9.59 Å². The van der Waals surface area contributed by atoms with Crippen molar-refractivity contribution in [1.29, 1.82) is 0 Å². The Morgan fingerprint density at radius 1 is 0.786 bits per heavy atom. The molecule has 42 heavy (non-hydrogen) atoms. The standard InChI is InChI=1S/C24H48N6O11S/c1-6-23(2,3)27-19(33)8-10-30(17-41-18-32)22(36)26-16-25-21(35)29(11-13-40-14-12-31)9-7-20(34)28-24(4,5)15-42(37,38)39/h31-32H,6-18H2,1-5H3,(H,25,35)(H,26,36)(H,27,33)(H,28,34)(H,37,38,39). The minimum atomic E-state index is -4.34. The number of rotatable bonds is 21. The fourth-order valence-electron chi connectivity index (χ4n) is 3.38. The van der Waals surface area contributed by atoms with Gasteiger partial charge in [0, 0.05) is 38.0 Å². The highest BCUT2D eigenvalue weighted by molar-refractivity contribution is 7.85. The second-order valence-corrected chi connectivity index (χ2v) is 12.1. The summed E-state index contributed by atoms with van der Waals surface area (Å²) < 4.78 is 41.5. The lowest BCUT2D eigenvalue weighted by molar-refractivity contribution is -0.124. The van der Waals surface area contributed by atoms with Crippen molar-refractivity contribution in [3.63, 3.8) is 0 Å². The Morgan fingerprint density at radius 2 is 1.31 bits per heavy atom. The Hall–Kier alpha value is -2.77. The second kappa shape index (κ2) is 19.4. The number of aliphatic hydroxyl groups excluding tert-OH is 2. The van der Waals surface area contributed by atoms with Gasteiger partial charge in [0.2, 0.25) is 11.8 Å². The van der Waals surface area contributed by atoms with Gasteiger partial charge in [0.15, 0.2) is 0 Å². The van der Waals surface area contributed by atoms with Gasteiger partial charge in [-0.05, 0) is 34.1 Å². The molecule has 0 aromatic carbocycles. The van der Waals surface area contributed by atoms with E-state index in [1.807, 2.05) is 20.8 Å². The molecule has 6 amide bonds. The second-order valence-electron chi connectivity index (χ2n) is 10.6. The zero-order chi connectivity index (χ0) is 32.4. The average molecular weight is 629 g/mol. The monoisotopic (exact) mass is 628 g/mol. The van der Waals surface area contributed by atoms with E-state index in [0.29, 0.717) is 6.42 Å². The number of urea groups is 2. The summed E-state index contributed by atoms with van der Waals surface area (Å²) in [5, 5.41) is 28.1. The molecule has 0 spiro atoms. The minimum Gasteiger partial charge on any atom is -0.394 e. The minimum absolute atomic E-state index is 0.0250. The number of amides is 6. The van der Waals surface area contributed by atoms with Crippen LogP contribution in [0.25, 0.3) is 0 Å². The van der Waals surface area contributed by atoms with Gasteiger partial charge in [-0.3, -0.25) is 14.1 Å². The molecule has 0 radical (unpaired) electrons. The molecule has 0 bridgehead atoms. The van der Waals surface area contributed by atoms with Crippen molar-refractivity contribution in [2.24, 2.45) is 0 Å². The van der Waals surface area contributed by atoms with Gasteiger partial charge in [0.05, 0.1) is 37.8 Å². The topological polar surface area (TPSA) is 236 Å². The molecule has 0 unspecified atom stereocenters. The molecule has 0 saturated carbocycles. The third-order valence-corrected chi connectivity index (χ3v) is 6.82. The molecule has 7 N–H and O–H groups in total. The molecule has 0 atom stereocenters. The number of hydrogen-bond donors (Lipinski definition) is 7. The number of nitrogens with zero attached hydrogens (tertiary/aromatic N) is 2. The highest BCUT2D eigenvalue weighted by Crippen LogP contribution is 2.08. The number of ether oxygens (including phenoxy) is 2. The van der Waals surface area contributed by atoms with E-state index in [9.17, 15) is 27.6 Å². The van der Waals surface area contributed by atoms with Crippen LogP contribution in [-0.2, 0) is 29.2 Å². The molecular weight excluding hydrogens is 580 g/mol. The van der Waals surface area contributed by atoms with Crippen LogP contribution >= 0.6 is 0 Å². The largest absolute Gasteiger partial charge is 0.394 e. The van der Waals surface area contributed by atoms with Crippen LogP contribution in [0.1, 0.15) is 53.9 Å². The molecule has 0 aliphatic rings. The van der Waals surface area contributed by atoms with Crippen LogP contribution in [-0.4, -0.2) is 133 Å². The molecule has 0 saturated heterocycles. The SMILES string of the molecule is CCC(C)(C)NC(=O)CCN(COCO)C(=O)NCNC(=O)N(CCOCCO)CCC(=O)NC(C)(C)CS(=O)(=O)O. The number of carbonyl (C=O) groups is 4. The van der Waals surface area contributed by atoms with E-state index < -0.39 is 51.7 Å². The first-order chi connectivity index (χ1) is 19.4. The number of carbonyl (C=O) groups excluding carboxylic acids is 4. The Labute approximate surface area is 247 Å². The summed E-state index contributed by atoms with van der Waals surface area (Å²) >= 11 is 0. The summed E-state index contributed by atoms with van der Waals surface area (Å²) in [6, 6.07) is -1.34. The van der Waals surface area contributed by atoms with Gasteiger partial charge >= 0.3 is 12.1 Å². The molecule has 0 fully saturated rings. The summed E-state index contributed by atoms with van der Waals surface area (Å²) in [7, 11) is -4.34. The Bertz CT molecular complexity index is 963. The van der Waals surface area contributed by atoms with Crippen LogP contribution in [0.5, 0.6) is 0 Å². The smallest absolute Gasteiger partial charge is 0.320 e. The summed E-state index contributed by atoms with van der Waals surface area (Å²) in [5.74, 6) is -1.55. The molecule has 0 aromatic heterocycles. The van der Waals surface area contributed by atoms with Crippen molar-refractivity contribution in [2.75, 3.05) is 65.4 Å². The molecule has 0 aliphatic heterocycles. The quantitative estimate of drug-likeness (QED) is 0.0451. The highest BCUT2D eigenvalue weighted by Gasteiger charge is 2.27. The van der Waals surface area contributed by atoms with E-state index in [1.165, 1.54) is 18.7 Å². The van der Waals surface area contributed by atoms with Crippen LogP contribution in [0.2, 0.25) is 0 Å². The van der Waals surface area contributed by atoms with E-state index in [4.69, 9.17) is 24.2 Å². The van der Waals surface area contributed by atoms with Gasteiger partial charge < -0.3 is 50.8 Å². The summed E-state index contributed by atoms with van der Waals surface area (Å²) in [6.07, 6.45) is 0.470. The zero-order valence-electron chi connectivity index (χ0n) is 25.1. The fourth-order valence-corrected chi connectivity index (χ4v) is 4.37. The summed E-state index contributed by atoms with van der Waals surface area (Å²) in [6.45, 7) is 6.97. The highest BCUT2D eigenvalue weighted by atomic mass is 32.2. The lowest BCUT2D eigenvalue weighted by Gasteiger charge is -2.27. The van der Waals surface area contributed by atoms with E-state index in [0.717, 1.165) is 4.90 Å². The van der Waals surface area contributed by atoms with E-state index in [2.05, 4.69) is 21.3 Å². The van der Waals surface area contributed by atoms with Crippen LogP contribution in [0, 0.1) is 0 Å². The van der Waals surface area contributed by atoms with E-state index in [-0.39, 0.29) is 71.6 Å². The van der Waals surface area contributed by atoms with Gasteiger partial charge in [0.1, 0.15) is 13.5 Å². The Morgan fingerprint density at radius 3 is 1.81 bits per heavy atom. The average Bonchev–Trinajstić information content (AvgIpc) is 2.86. The normalized spacial score (nSPS) is 11.9. The molecule has 18 heteroatoms. The zero-order valence-corrected chi connectivity index (χ0v) is 25.9. The molecular formula is C24H48N6O11S. The van der Waals surface area contributed by atoms with E-state index in [1.54, 1.807) is 0 Å².